The van der Waals surface area contributed by atoms with Gasteiger partial charge in [0.1, 0.15) is 17.8 Å². The summed E-state index contributed by atoms with van der Waals surface area (Å²) >= 11 is 0. The Morgan fingerprint density at radius 3 is 2.95 bits per heavy atom. The van der Waals surface area contributed by atoms with Crippen molar-refractivity contribution >= 4 is 27.8 Å². The molecule has 3 heterocycles. The van der Waals surface area contributed by atoms with Crippen molar-refractivity contribution < 1.29 is 0 Å². The van der Waals surface area contributed by atoms with Crippen LogP contribution in [0.3, 0.4) is 0 Å². The van der Waals surface area contributed by atoms with E-state index in [9.17, 15) is 0 Å². The van der Waals surface area contributed by atoms with Crippen LogP contribution in [-0.2, 0) is 13.0 Å². The van der Waals surface area contributed by atoms with Gasteiger partial charge in [-0.2, -0.15) is 0 Å². The van der Waals surface area contributed by atoms with Crippen LogP contribution in [0.1, 0.15) is 18.1 Å². The molecular formula is C17H17N5. The largest absolute Gasteiger partial charge is 0.365 e. The van der Waals surface area contributed by atoms with Gasteiger partial charge in [0.2, 0.25) is 0 Å². The molecule has 0 spiro atoms. The Morgan fingerprint density at radius 1 is 1.09 bits per heavy atom. The lowest BCUT2D eigenvalue weighted by atomic mass is 10.1. The highest BCUT2D eigenvalue weighted by Gasteiger charge is 2.10. The lowest BCUT2D eigenvalue weighted by molar-refractivity contribution is 1.10. The van der Waals surface area contributed by atoms with E-state index in [0.717, 1.165) is 35.3 Å². The second-order valence-corrected chi connectivity index (χ2v) is 5.32. The van der Waals surface area contributed by atoms with Gasteiger partial charge in [0.25, 0.3) is 0 Å². The number of hydrogen-bond acceptors (Lipinski definition) is 3. The number of aromatic amines is 2. The molecule has 0 amide bonds. The maximum Gasteiger partial charge on any atom is 0.143 e. The Bertz CT molecular complexity index is 934. The fourth-order valence-corrected chi connectivity index (χ4v) is 2.92. The van der Waals surface area contributed by atoms with E-state index in [1.54, 1.807) is 6.33 Å². The van der Waals surface area contributed by atoms with Crippen molar-refractivity contribution in [2.45, 2.75) is 19.9 Å². The van der Waals surface area contributed by atoms with Gasteiger partial charge in [-0.3, -0.25) is 0 Å². The minimum atomic E-state index is 0.732. The van der Waals surface area contributed by atoms with Crippen LogP contribution in [0.15, 0.2) is 43.0 Å². The molecule has 3 aromatic heterocycles. The quantitative estimate of drug-likeness (QED) is 0.538. The molecule has 5 heteroatoms. The van der Waals surface area contributed by atoms with Crippen LogP contribution in [0.2, 0.25) is 0 Å². The number of anilines is 1. The van der Waals surface area contributed by atoms with Crippen LogP contribution in [0.5, 0.6) is 0 Å². The lowest BCUT2D eigenvalue weighted by Crippen LogP contribution is -2.03. The zero-order chi connectivity index (χ0) is 14.9. The van der Waals surface area contributed by atoms with E-state index in [1.165, 1.54) is 16.5 Å². The number of hydrogen-bond donors (Lipinski definition) is 3. The molecule has 0 aliphatic heterocycles. The first kappa shape index (κ1) is 12.9. The lowest BCUT2D eigenvalue weighted by Gasteiger charge is -2.08. The summed E-state index contributed by atoms with van der Waals surface area (Å²) in [5.74, 6) is 0.885. The van der Waals surface area contributed by atoms with E-state index in [-0.39, 0.29) is 0 Å². The molecule has 3 N–H and O–H groups in total. The molecule has 0 radical (unpaired) electrons. The summed E-state index contributed by atoms with van der Waals surface area (Å²) < 4.78 is 0. The van der Waals surface area contributed by atoms with Gasteiger partial charge >= 0.3 is 0 Å². The molecule has 0 fully saturated rings. The van der Waals surface area contributed by atoms with Gasteiger partial charge in [-0.15, -0.1) is 0 Å². The SMILES string of the molecule is CCc1c[nH]c2ncnc(NCc3cccc4[nH]ccc34)c12. The van der Waals surface area contributed by atoms with Crippen LogP contribution in [0.4, 0.5) is 5.82 Å². The summed E-state index contributed by atoms with van der Waals surface area (Å²) in [4.78, 5) is 15.2. The minimum Gasteiger partial charge on any atom is -0.365 e. The summed E-state index contributed by atoms with van der Waals surface area (Å²) in [7, 11) is 0. The molecule has 0 saturated heterocycles. The van der Waals surface area contributed by atoms with Crippen molar-refractivity contribution in [2.24, 2.45) is 0 Å². The van der Waals surface area contributed by atoms with Crippen LogP contribution >= 0.6 is 0 Å². The first-order chi connectivity index (χ1) is 10.9. The summed E-state index contributed by atoms with van der Waals surface area (Å²) in [5, 5.41) is 5.79. The average molecular weight is 291 g/mol. The zero-order valence-electron chi connectivity index (χ0n) is 12.4. The molecule has 4 rings (SSSR count). The highest BCUT2D eigenvalue weighted by Crippen LogP contribution is 2.25. The number of H-pyrrole nitrogens is 2. The number of aryl methyl sites for hydroxylation is 1. The van der Waals surface area contributed by atoms with Crippen molar-refractivity contribution in [1.29, 1.82) is 0 Å². The molecule has 0 unspecified atom stereocenters. The van der Waals surface area contributed by atoms with E-state index < -0.39 is 0 Å². The number of fused-ring (bicyclic) bond motifs is 2. The van der Waals surface area contributed by atoms with Crippen molar-refractivity contribution in [3.05, 3.63) is 54.1 Å². The number of benzene rings is 1. The molecule has 0 aliphatic rings. The summed E-state index contributed by atoms with van der Waals surface area (Å²) in [6.07, 6.45) is 6.53. The number of nitrogens with zero attached hydrogens (tertiary/aromatic N) is 2. The van der Waals surface area contributed by atoms with Gasteiger partial charge in [0, 0.05) is 29.8 Å². The van der Waals surface area contributed by atoms with Gasteiger partial charge in [-0.05, 0) is 29.7 Å². The second-order valence-electron chi connectivity index (χ2n) is 5.32. The third kappa shape index (κ3) is 2.02. The van der Waals surface area contributed by atoms with Gasteiger partial charge in [0.05, 0.1) is 5.39 Å². The number of nitrogens with one attached hydrogen (secondary N) is 3. The van der Waals surface area contributed by atoms with Crippen molar-refractivity contribution in [3.8, 4) is 0 Å². The number of aromatic nitrogens is 4. The van der Waals surface area contributed by atoms with E-state index in [2.05, 4.69) is 56.4 Å². The molecule has 0 atom stereocenters. The Kier molecular flexibility index (Phi) is 3.04. The molecule has 1 aromatic carbocycles. The predicted molar refractivity (Wildman–Crippen MR) is 88.9 cm³/mol. The van der Waals surface area contributed by atoms with E-state index in [0.29, 0.717) is 0 Å². The first-order valence-corrected chi connectivity index (χ1v) is 7.46. The Morgan fingerprint density at radius 2 is 2.05 bits per heavy atom. The zero-order valence-corrected chi connectivity index (χ0v) is 12.4. The van der Waals surface area contributed by atoms with Crippen molar-refractivity contribution in [3.63, 3.8) is 0 Å². The van der Waals surface area contributed by atoms with E-state index in [1.807, 2.05) is 12.4 Å². The highest BCUT2D eigenvalue weighted by molar-refractivity contribution is 5.90. The number of rotatable bonds is 4. The summed E-state index contributed by atoms with van der Waals surface area (Å²) in [6.45, 7) is 2.87. The fraction of sp³-hybridized carbons (Fsp3) is 0.176. The molecular weight excluding hydrogens is 274 g/mol. The monoisotopic (exact) mass is 291 g/mol. The normalized spacial score (nSPS) is 11.3. The van der Waals surface area contributed by atoms with Crippen molar-refractivity contribution in [1.82, 2.24) is 19.9 Å². The van der Waals surface area contributed by atoms with Gasteiger partial charge in [-0.1, -0.05) is 19.1 Å². The maximum atomic E-state index is 4.42. The first-order valence-electron chi connectivity index (χ1n) is 7.46. The van der Waals surface area contributed by atoms with Crippen LogP contribution in [0.25, 0.3) is 21.9 Å². The van der Waals surface area contributed by atoms with Crippen LogP contribution < -0.4 is 5.32 Å². The summed E-state index contributed by atoms with van der Waals surface area (Å²) in [5.41, 5.74) is 4.52. The average Bonchev–Trinajstić information content (AvgIpc) is 3.19. The van der Waals surface area contributed by atoms with Crippen LogP contribution in [0, 0.1) is 0 Å². The van der Waals surface area contributed by atoms with Crippen LogP contribution in [-0.4, -0.2) is 19.9 Å². The topological polar surface area (TPSA) is 69.4 Å². The Balaban J connectivity index is 1.69. The third-order valence-electron chi connectivity index (χ3n) is 4.06. The molecule has 4 aromatic rings. The standard InChI is InChI=1S/C17H17N5/c1-2-11-8-19-16-15(11)17(22-10-21-16)20-9-12-4-3-5-14-13(12)6-7-18-14/h3-8,10,18H,2,9H2,1H3,(H2,19,20,21,22). The van der Waals surface area contributed by atoms with E-state index >= 15 is 0 Å². The van der Waals surface area contributed by atoms with Crippen molar-refractivity contribution in [2.75, 3.05) is 5.32 Å². The molecule has 22 heavy (non-hydrogen) atoms. The van der Waals surface area contributed by atoms with Gasteiger partial charge < -0.3 is 15.3 Å². The second kappa shape index (κ2) is 5.18. The van der Waals surface area contributed by atoms with E-state index in [4.69, 9.17) is 0 Å². The molecule has 5 nitrogen and oxygen atoms in total. The third-order valence-corrected chi connectivity index (χ3v) is 4.06. The Hall–Kier alpha value is -2.82. The highest BCUT2D eigenvalue weighted by atomic mass is 15.0. The maximum absolute atomic E-state index is 4.42. The predicted octanol–water partition coefficient (Wildman–Crippen LogP) is 3.61. The molecule has 0 bridgehead atoms. The fourth-order valence-electron chi connectivity index (χ4n) is 2.92. The van der Waals surface area contributed by atoms with Gasteiger partial charge in [0.15, 0.2) is 0 Å². The van der Waals surface area contributed by atoms with Gasteiger partial charge in [-0.25, -0.2) is 9.97 Å². The summed E-state index contributed by atoms with van der Waals surface area (Å²) in [6, 6.07) is 8.40. The smallest absolute Gasteiger partial charge is 0.143 e. The molecule has 0 saturated carbocycles. The molecule has 110 valence electrons. The molecule has 0 aliphatic carbocycles. The Labute approximate surface area is 127 Å². The minimum absolute atomic E-state index is 0.732.